The minimum atomic E-state index is 0.556. The first-order chi connectivity index (χ1) is 8.72. The Kier molecular flexibility index (Phi) is 7.81. The topological polar surface area (TPSA) is 53.6 Å². The maximum atomic E-state index is 5.91. The summed E-state index contributed by atoms with van der Waals surface area (Å²) in [5.74, 6) is 0.630. The van der Waals surface area contributed by atoms with Crippen LogP contribution in [0.1, 0.15) is 51.9 Å². The predicted octanol–water partition coefficient (Wildman–Crippen LogP) is 1.96. The summed E-state index contributed by atoms with van der Waals surface area (Å²) in [6.45, 7) is 5.17. The molecule has 0 aromatic heterocycles. The lowest BCUT2D eigenvalue weighted by Crippen LogP contribution is -2.41. The van der Waals surface area contributed by atoms with Crippen molar-refractivity contribution in [3.8, 4) is 0 Å². The van der Waals surface area contributed by atoms with Crippen molar-refractivity contribution in [2.45, 2.75) is 57.9 Å². The Morgan fingerprint density at radius 1 is 1.28 bits per heavy atom. The number of nitrogens with one attached hydrogen (secondary N) is 1. The number of hydrogen-bond donors (Lipinski definition) is 2. The zero-order chi connectivity index (χ0) is 13.2. The van der Waals surface area contributed by atoms with Crippen molar-refractivity contribution in [1.29, 1.82) is 0 Å². The molecule has 4 nitrogen and oxygen atoms in total. The van der Waals surface area contributed by atoms with E-state index >= 15 is 0 Å². The highest BCUT2D eigenvalue weighted by atomic mass is 15.1. The maximum Gasteiger partial charge on any atom is 0.188 e. The van der Waals surface area contributed by atoms with Gasteiger partial charge in [-0.1, -0.05) is 32.6 Å². The van der Waals surface area contributed by atoms with E-state index in [-0.39, 0.29) is 0 Å². The Morgan fingerprint density at radius 3 is 2.67 bits per heavy atom. The summed E-state index contributed by atoms with van der Waals surface area (Å²) in [6, 6.07) is 0.556. The highest BCUT2D eigenvalue weighted by Gasteiger charge is 2.13. The molecule has 0 heterocycles. The Labute approximate surface area is 112 Å². The Hall–Kier alpha value is -0.770. The van der Waals surface area contributed by atoms with E-state index < -0.39 is 0 Å². The fraction of sp³-hybridized carbons (Fsp3) is 0.929. The number of unbranched alkanes of at least 4 members (excludes halogenated alkanes) is 1. The number of guanidine groups is 1. The number of rotatable bonds is 7. The van der Waals surface area contributed by atoms with Crippen LogP contribution in [0.15, 0.2) is 4.99 Å². The van der Waals surface area contributed by atoms with Crippen molar-refractivity contribution in [1.82, 2.24) is 10.2 Å². The fourth-order valence-corrected chi connectivity index (χ4v) is 2.38. The van der Waals surface area contributed by atoms with Gasteiger partial charge in [0.05, 0.1) is 6.54 Å². The van der Waals surface area contributed by atoms with Gasteiger partial charge in [0.2, 0.25) is 0 Å². The van der Waals surface area contributed by atoms with Gasteiger partial charge in [-0.05, 0) is 32.9 Å². The molecule has 0 bridgehead atoms. The van der Waals surface area contributed by atoms with E-state index in [2.05, 4.69) is 29.2 Å². The first-order valence-electron chi connectivity index (χ1n) is 7.47. The van der Waals surface area contributed by atoms with Crippen LogP contribution in [0, 0.1) is 0 Å². The lowest BCUT2D eigenvalue weighted by atomic mass is 9.96. The third-order valence-corrected chi connectivity index (χ3v) is 3.61. The molecule has 0 aromatic carbocycles. The molecule has 0 aromatic rings. The Balaban J connectivity index is 2.12. The van der Waals surface area contributed by atoms with Crippen LogP contribution in [-0.2, 0) is 0 Å². The number of likely N-dealkylation sites (N-methyl/N-ethyl adjacent to an activating group) is 1. The van der Waals surface area contributed by atoms with Crippen LogP contribution in [0.2, 0.25) is 0 Å². The van der Waals surface area contributed by atoms with Gasteiger partial charge in [-0.2, -0.15) is 0 Å². The largest absolute Gasteiger partial charge is 0.370 e. The second-order valence-electron chi connectivity index (χ2n) is 5.40. The van der Waals surface area contributed by atoms with Gasteiger partial charge in [0.1, 0.15) is 0 Å². The standard InChI is InChI=1S/C14H30N4/c1-3-4-11-18(2)12-10-16-14(15)17-13-8-6-5-7-9-13/h13H,3-12H2,1-2H3,(H3,15,16,17). The van der Waals surface area contributed by atoms with Crippen molar-refractivity contribution >= 4 is 5.96 Å². The number of nitrogens with two attached hydrogens (primary N) is 1. The summed E-state index contributed by atoms with van der Waals surface area (Å²) in [5, 5.41) is 3.34. The van der Waals surface area contributed by atoms with Crippen molar-refractivity contribution < 1.29 is 0 Å². The van der Waals surface area contributed by atoms with Gasteiger partial charge in [-0.25, -0.2) is 0 Å². The molecule has 0 unspecified atom stereocenters. The van der Waals surface area contributed by atoms with Crippen LogP contribution in [-0.4, -0.2) is 43.6 Å². The first-order valence-corrected chi connectivity index (χ1v) is 7.47. The van der Waals surface area contributed by atoms with E-state index in [1.807, 2.05) is 0 Å². The molecule has 0 atom stereocenters. The summed E-state index contributed by atoms with van der Waals surface area (Å²) in [4.78, 5) is 6.73. The third-order valence-electron chi connectivity index (χ3n) is 3.61. The van der Waals surface area contributed by atoms with Crippen LogP contribution in [0.3, 0.4) is 0 Å². The van der Waals surface area contributed by atoms with Gasteiger partial charge < -0.3 is 16.0 Å². The van der Waals surface area contributed by atoms with E-state index in [1.165, 1.54) is 44.9 Å². The van der Waals surface area contributed by atoms with Gasteiger partial charge in [-0.3, -0.25) is 4.99 Å². The Morgan fingerprint density at radius 2 is 2.00 bits per heavy atom. The normalized spacial score (nSPS) is 18.3. The molecule has 4 heteroatoms. The molecule has 18 heavy (non-hydrogen) atoms. The van der Waals surface area contributed by atoms with Gasteiger partial charge in [0.15, 0.2) is 5.96 Å². The van der Waals surface area contributed by atoms with Crippen LogP contribution < -0.4 is 11.1 Å². The lowest BCUT2D eigenvalue weighted by molar-refractivity contribution is 0.337. The number of aliphatic imine (C=N–C) groups is 1. The van der Waals surface area contributed by atoms with Gasteiger partial charge >= 0.3 is 0 Å². The monoisotopic (exact) mass is 254 g/mol. The molecule has 3 N–H and O–H groups in total. The molecular weight excluding hydrogens is 224 g/mol. The van der Waals surface area contributed by atoms with Crippen LogP contribution in [0.4, 0.5) is 0 Å². The molecule has 106 valence electrons. The molecule has 0 aliphatic heterocycles. The zero-order valence-electron chi connectivity index (χ0n) is 12.1. The Bertz CT molecular complexity index is 234. The second-order valence-corrected chi connectivity index (χ2v) is 5.40. The first kappa shape index (κ1) is 15.3. The summed E-state index contributed by atoms with van der Waals surface area (Å²) in [7, 11) is 2.15. The molecule has 1 aliphatic carbocycles. The molecule has 1 rings (SSSR count). The highest BCUT2D eigenvalue weighted by Crippen LogP contribution is 2.16. The molecule has 0 spiro atoms. The quantitative estimate of drug-likeness (QED) is 0.539. The van der Waals surface area contributed by atoms with E-state index in [4.69, 9.17) is 5.73 Å². The summed E-state index contributed by atoms with van der Waals surface area (Å²) in [5.41, 5.74) is 5.91. The molecule has 0 amide bonds. The highest BCUT2D eigenvalue weighted by molar-refractivity contribution is 5.78. The van der Waals surface area contributed by atoms with Gasteiger partial charge in [-0.15, -0.1) is 0 Å². The second kappa shape index (κ2) is 9.20. The average molecular weight is 254 g/mol. The van der Waals surface area contributed by atoms with Crippen molar-refractivity contribution in [3.05, 3.63) is 0 Å². The SMILES string of the molecule is CCCCN(C)CCN=C(N)NC1CCCCC1. The van der Waals surface area contributed by atoms with E-state index in [0.29, 0.717) is 12.0 Å². The summed E-state index contributed by atoms with van der Waals surface area (Å²) < 4.78 is 0. The molecular formula is C14H30N4. The van der Waals surface area contributed by atoms with E-state index in [9.17, 15) is 0 Å². The maximum absolute atomic E-state index is 5.91. The van der Waals surface area contributed by atoms with Crippen molar-refractivity contribution in [2.24, 2.45) is 10.7 Å². The molecule has 1 aliphatic rings. The summed E-state index contributed by atoms with van der Waals surface area (Å²) in [6.07, 6.45) is 9.01. The fourth-order valence-electron chi connectivity index (χ4n) is 2.38. The number of nitrogens with zero attached hydrogens (tertiary/aromatic N) is 2. The zero-order valence-corrected chi connectivity index (χ0v) is 12.1. The van der Waals surface area contributed by atoms with E-state index in [1.54, 1.807) is 0 Å². The smallest absolute Gasteiger partial charge is 0.188 e. The van der Waals surface area contributed by atoms with Crippen molar-refractivity contribution in [2.75, 3.05) is 26.7 Å². The summed E-state index contributed by atoms with van der Waals surface area (Å²) >= 11 is 0. The van der Waals surface area contributed by atoms with Gasteiger partial charge in [0.25, 0.3) is 0 Å². The van der Waals surface area contributed by atoms with Crippen molar-refractivity contribution in [3.63, 3.8) is 0 Å². The minimum absolute atomic E-state index is 0.556. The third kappa shape index (κ3) is 6.84. The van der Waals surface area contributed by atoms with Crippen LogP contribution in [0.5, 0.6) is 0 Å². The molecule has 1 fully saturated rings. The minimum Gasteiger partial charge on any atom is -0.370 e. The average Bonchev–Trinajstić information content (AvgIpc) is 2.37. The molecule has 0 saturated heterocycles. The van der Waals surface area contributed by atoms with Crippen LogP contribution in [0.25, 0.3) is 0 Å². The molecule has 1 saturated carbocycles. The van der Waals surface area contributed by atoms with Crippen LogP contribution >= 0.6 is 0 Å². The predicted molar refractivity (Wildman–Crippen MR) is 78.9 cm³/mol. The molecule has 0 radical (unpaired) electrons. The van der Waals surface area contributed by atoms with Gasteiger partial charge in [0, 0.05) is 12.6 Å². The lowest BCUT2D eigenvalue weighted by Gasteiger charge is -2.23. The van der Waals surface area contributed by atoms with E-state index in [0.717, 1.165) is 19.6 Å². The number of hydrogen-bond acceptors (Lipinski definition) is 2.